The molecular formula is C24H34N2O2. The van der Waals surface area contributed by atoms with E-state index in [1.54, 1.807) is 0 Å². The number of para-hydroxylation sites is 1. The Bertz CT molecular complexity index is 723. The molecule has 0 N–H and O–H groups in total. The predicted octanol–water partition coefficient (Wildman–Crippen LogP) is 4.56. The molecule has 4 nitrogen and oxygen atoms in total. The van der Waals surface area contributed by atoms with Crippen molar-refractivity contribution in [1.29, 1.82) is 0 Å². The van der Waals surface area contributed by atoms with Crippen molar-refractivity contribution in [3.63, 3.8) is 0 Å². The van der Waals surface area contributed by atoms with Gasteiger partial charge in [-0.3, -0.25) is 9.59 Å². The summed E-state index contributed by atoms with van der Waals surface area (Å²) in [6, 6.07) is 8.96. The van der Waals surface area contributed by atoms with Gasteiger partial charge in [-0.2, -0.15) is 0 Å². The van der Waals surface area contributed by atoms with Gasteiger partial charge in [-0.05, 0) is 76.3 Å². The maximum absolute atomic E-state index is 13.3. The second-order valence-corrected chi connectivity index (χ2v) is 9.03. The van der Waals surface area contributed by atoms with Crippen molar-refractivity contribution in [2.75, 3.05) is 11.4 Å². The first-order chi connectivity index (χ1) is 13.6. The van der Waals surface area contributed by atoms with E-state index in [0.717, 1.165) is 63.6 Å². The minimum absolute atomic E-state index is 0.0704. The Balaban J connectivity index is 1.38. The summed E-state index contributed by atoms with van der Waals surface area (Å²) >= 11 is 0. The topological polar surface area (TPSA) is 40.6 Å². The summed E-state index contributed by atoms with van der Waals surface area (Å²) in [6.07, 6.45) is 8.99. The Hall–Kier alpha value is -1.84. The van der Waals surface area contributed by atoms with Crippen molar-refractivity contribution in [1.82, 2.24) is 4.90 Å². The lowest BCUT2D eigenvalue weighted by Crippen LogP contribution is -2.47. The summed E-state index contributed by atoms with van der Waals surface area (Å²) in [4.78, 5) is 30.6. The Morgan fingerprint density at radius 3 is 2.36 bits per heavy atom. The number of carbonyl (C=O) groups excluding carboxylic acids is 2. The Labute approximate surface area is 169 Å². The van der Waals surface area contributed by atoms with Gasteiger partial charge in [-0.25, -0.2) is 0 Å². The van der Waals surface area contributed by atoms with Crippen LogP contribution in [0.25, 0.3) is 0 Å². The molecule has 0 spiro atoms. The lowest BCUT2D eigenvalue weighted by Gasteiger charge is -2.39. The van der Waals surface area contributed by atoms with Crippen LogP contribution < -0.4 is 4.90 Å². The van der Waals surface area contributed by atoms with Crippen molar-refractivity contribution < 1.29 is 9.59 Å². The minimum atomic E-state index is 0.0704. The Morgan fingerprint density at radius 1 is 0.964 bits per heavy atom. The highest BCUT2D eigenvalue weighted by atomic mass is 16.2. The van der Waals surface area contributed by atoms with E-state index in [1.807, 2.05) is 11.0 Å². The van der Waals surface area contributed by atoms with Crippen molar-refractivity contribution in [3.05, 3.63) is 29.8 Å². The van der Waals surface area contributed by atoms with Crippen LogP contribution in [0.4, 0.5) is 5.69 Å². The van der Waals surface area contributed by atoms with E-state index in [2.05, 4.69) is 36.9 Å². The maximum Gasteiger partial charge on any atom is 0.230 e. The Morgan fingerprint density at radius 2 is 1.64 bits per heavy atom. The summed E-state index contributed by atoms with van der Waals surface area (Å²) < 4.78 is 0. The van der Waals surface area contributed by atoms with Crippen LogP contribution in [0, 0.1) is 11.8 Å². The third kappa shape index (κ3) is 3.58. The molecule has 4 heteroatoms. The Kier molecular flexibility index (Phi) is 5.75. The van der Waals surface area contributed by atoms with Gasteiger partial charge in [0.15, 0.2) is 0 Å². The quantitative estimate of drug-likeness (QED) is 0.769. The predicted molar refractivity (Wildman–Crippen MR) is 112 cm³/mol. The molecule has 1 saturated heterocycles. The van der Waals surface area contributed by atoms with Crippen LogP contribution in [0.15, 0.2) is 24.3 Å². The molecule has 2 amide bonds. The summed E-state index contributed by atoms with van der Waals surface area (Å²) in [5.74, 6) is 0.825. The molecule has 152 valence electrons. The zero-order valence-electron chi connectivity index (χ0n) is 17.4. The van der Waals surface area contributed by atoms with Gasteiger partial charge in [0.05, 0.1) is 0 Å². The van der Waals surface area contributed by atoms with Crippen LogP contribution in [0.3, 0.4) is 0 Å². The summed E-state index contributed by atoms with van der Waals surface area (Å²) in [7, 11) is 0. The number of fused-ring (bicyclic) bond motifs is 1. The first kappa shape index (κ1) is 19.5. The first-order valence-corrected chi connectivity index (χ1v) is 11.3. The van der Waals surface area contributed by atoms with E-state index in [1.165, 1.54) is 12.0 Å². The molecule has 0 bridgehead atoms. The number of benzene rings is 1. The summed E-state index contributed by atoms with van der Waals surface area (Å²) in [5, 5.41) is 0. The number of anilines is 1. The second-order valence-electron chi connectivity index (χ2n) is 9.03. The zero-order chi connectivity index (χ0) is 19.7. The molecule has 2 heterocycles. The standard InChI is InChI=1S/C24H34N2O2/c1-3-21-9-6-7-15-25(21)23(27)18-11-13-19(14-12-18)24(28)26-17(2)16-20-8-4-5-10-22(20)26/h4-5,8,10,17-19,21H,3,6-7,9,11-16H2,1-2H3. The van der Waals surface area contributed by atoms with Crippen molar-refractivity contribution >= 4 is 17.5 Å². The van der Waals surface area contributed by atoms with Crippen LogP contribution in [0.2, 0.25) is 0 Å². The molecule has 2 fully saturated rings. The largest absolute Gasteiger partial charge is 0.339 e. The van der Waals surface area contributed by atoms with Gasteiger partial charge >= 0.3 is 0 Å². The third-order valence-corrected chi connectivity index (χ3v) is 7.25. The molecule has 1 aromatic rings. The molecule has 1 saturated carbocycles. The van der Waals surface area contributed by atoms with Gasteiger partial charge < -0.3 is 9.80 Å². The summed E-state index contributed by atoms with van der Waals surface area (Å²) in [5.41, 5.74) is 2.38. The van der Waals surface area contributed by atoms with Gasteiger partial charge in [0.25, 0.3) is 0 Å². The van der Waals surface area contributed by atoms with Crippen LogP contribution >= 0.6 is 0 Å². The fourth-order valence-electron chi connectivity index (χ4n) is 5.64. The number of hydrogen-bond donors (Lipinski definition) is 0. The van der Waals surface area contributed by atoms with Crippen LogP contribution in [-0.4, -0.2) is 35.3 Å². The second kappa shape index (κ2) is 8.26. The monoisotopic (exact) mass is 382 g/mol. The van der Waals surface area contributed by atoms with E-state index in [9.17, 15) is 9.59 Å². The normalized spacial score (nSPS) is 30.2. The first-order valence-electron chi connectivity index (χ1n) is 11.3. The van der Waals surface area contributed by atoms with Gasteiger partial charge in [0.2, 0.25) is 11.8 Å². The number of hydrogen-bond acceptors (Lipinski definition) is 2. The molecule has 0 aromatic heterocycles. The van der Waals surface area contributed by atoms with E-state index in [4.69, 9.17) is 0 Å². The molecular weight excluding hydrogens is 348 g/mol. The molecule has 28 heavy (non-hydrogen) atoms. The van der Waals surface area contributed by atoms with E-state index < -0.39 is 0 Å². The zero-order valence-corrected chi connectivity index (χ0v) is 17.4. The van der Waals surface area contributed by atoms with E-state index >= 15 is 0 Å². The van der Waals surface area contributed by atoms with Gasteiger partial charge in [-0.1, -0.05) is 25.1 Å². The van der Waals surface area contributed by atoms with Crippen LogP contribution in [0.1, 0.15) is 70.8 Å². The number of piperidine rings is 1. The lowest BCUT2D eigenvalue weighted by atomic mass is 9.80. The summed E-state index contributed by atoms with van der Waals surface area (Å²) in [6.45, 7) is 5.27. The van der Waals surface area contributed by atoms with Crippen LogP contribution in [-0.2, 0) is 16.0 Å². The van der Waals surface area contributed by atoms with Gasteiger partial charge in [-0.15, -0.1) is 0 Å². The lowest BCUT2D eigenvalue weighted by molar-refractivity contribution is -0.141. The fraction of sp³-hybridized carbons (Fsp3) is 0.667. The smallest absolute Gasteiger partial charge is 0.230 e. The number of amides is 2. The molecule has 1 aliphatic carbocycles. The average Bonchev–Trinajstić information content (AvgIpc) is 3.08. The van der Waals surface area contributed by atoms with E-state index in [0.29, 0.717) is 11.9 Å². The number of nitrogens with zero attached hydrogens (tertiary/aromatic N) is 2. The molecule has 2 atom stereocenters. The number of rotatable bonds is 3. The highest BCUT2D eigenvalue weighted by molar-refractivity contribution is 5.97. The molecule has 1 aromatic carbocycles. The minimum Gasteiger partial charge on any atom is -0.339 e. The van der Waals surface area contributed by atoms with Gasteiger partial charge in [0.1, 0.15) is 0 Å². The maximum atomic E-state index is 13.3. The molecule has 2 aliphatic heterocycles. The molecule has 2 unspecified atom stereocenters. The van der Waals surface area contributed by atoms with Crippen molar-refractivity contribution in [2.45, 2.75) is 83.7 Å². The van der Waals surface area contributed by atoms with Crippen molar-refractivity contribution in [2.24, 2.45) is 11.8 Å². The number of likely N-dealkylation sites (tertiary alicyclic amines) is 1. The molecule has 3 aliphatic rings. The SMILES string of the molecule is CCC1CCCCN1C(=O)C1CCC(C(=O)N2c3ccccc3CC2C)CC1. The molecule has 0 radical (unpaired) electrons. The highest BCUT2D eigenvalue weighted by Crippen LogP contribution is 2.37. The number of carbonyl (C=O) groups is 2. The molecule has 4 rings (SSSR count). The van der Waals surface area contributed by atoms with Gasteiger partial charge in [0, 0.05) is 36.2 Å². The fourth-order valence-corrected chi connectivity index (χ4v) is 5.64. The average molecular weight is 383 g/mol. The third-order valence-electron chi connectivity index (χ3n) is 7.25. The van der Waals surface area contributed by atoms with Crippen LogP contribution in [0.5, 0.6) is 0 Å². The van der Waals surface area contributed by atoms with Crippen molar-refractivity contribution in [3.8, 4) is 0 Å². The van der Waals surface area contributed by atoms with E-state index in [-0.39, 0.29) is 23.8 Å². The highest BCUT2D eigenvalue weighted by Gasteiger charge is 2.39.